The summed E-state index contributed by atoms with van der Waals surface area (Å²) in [5.41, 5.74) is 1.76. The van der Waals surface area contributed by atoms with Gasteiger partial charge in [0, 0.05) is 13.2 Å². The average molecular weight is 591 g/mol. The maximum Gasteiger partial charge on any atom is 0.407 e. The fraction of sp³-hybridized carbons (Fsp3) is 0.552. The summed E-state index contributed by atoms with van der Waals surface area (Å²) in [5.74, 6) is -0.0405. The smallest absolute Gasteiger partial charge is 0.407 e. The van der Waals surface area contributed by atoms with Crippen LogP contribution in [0.25, 0.3) is 0 Å². The lowest BCUT2D eigenvalue weighted by molar-refractivity contribution is -0.170. The molecule has 2 aromatic carbocycles. The van der Waals surface area contributed by atoms with Crippen LogP contribution in [0.1, 0.15) is 30.4 Å². The number of aliphatic hydroxyl groups excluding tert-OH is 1. The van der Waals surface area contributed by atoms with Crippen molar-refractivity contribution in [2.75, 3.05) is 33.0 Å². The zero-order valence-electron chi connectivity index (χ0n) is 23.1. The highest BCUT2D eigenvalue weighted by Crippen LogP contribution is 2.33. The SMILES string of the molecule is Cc1ccc(S(=O)(=O)N(C[C@@H](O)[C@H](Cc2ccccc2)NC(=O)OC2CO[C@H]3OCC[C@@H]23)OC2CCOCC2)cc1. The fourth-order valence-corrected chi connectivity index (χ4v) is 6.57. The topological polar surface area (TPSA) is 133 Å². The van der Waals surface area contributed by atoms with Gasteiger partial charge in [0.2, 0.25) is 0 Å². The second-order valence-corrected chi connectivity index (χ2v) is 12.5. The standard InChI is InChI=1S/C29H38N2O9S/c1-20-7-9-23(10-8-20)41(34,35)31(40-22-11-14-36-15-12-22)18-26(32)25(17-21-5-3-2-4-6-21)30-29(33)39-27-19-38-28-24(27)13-16-37-28/h2-10,22,24-28,32H,11-19H2,1H3,(H,30,33)/t24-,25-,26+,27?,28+/m0/s1. The molecule has 0 aliphatic carbocycles. The molecule has 0 bridgehead atoms. The minimum Gasteiger partial charge on any atom is -0.443 e. The molecule has 224 valence electrons. The van der Waals surface area contributed by atoms with Crippen LogP contribution in [0.15, 0.2) is 59.5 Å². The molecule has 2 N–H and O–H groups in total. The van der Waals surface area contributed by atoms with Crippen LogP contribution in [0, 0.1) is 12.8 Å². The quantitative estimate of drug-likeness (QED) is 0.379. The number of hydrogen-bond donors (Lipinski definition) is 2. The lowest BCUT2D eigenvalue weighted by Crippen LogP contribution is -2.52. The minimum absolute atomic E-state index is 0.0405. The van der Waals surface area contributed by atoms with Crippen molar-refractivity contribution in [2.24, 2.45) is 5.92 Å². The van der Waals surface area contributed by atoms with Crippen LogP contribution in [0.3, 0.4) is 0 Å². The number of sulfonamides is 1. The van der Waals surface area contributed by atoms with Gasteiger partial charge in [-0.3, -0.25) is 4.84 Å². The normalized spacial score (nSPS) is 24.6. The largest absolute Gasteiger partial charge is 0.443 e. The molecule has 5 rings (SSSR count). The first-order valence-corrected chi connectivity index (χ1v) is 15.5. The van der Waals surface area contributed by atoms with E-state index in [9.17, 15) is 18.3 Å². The Kier molecular flexibility index (Phi) is 9.91. The first-order chi connectivity index (χ1) is 19.8. The number of nitrogens with zero attached hydrogens (tertiary/aromatic N) is 1. The Hall–Kier alpha value is -2.58. The molecule has 0 aromatic heterocycles. The number of amides is 1. The predicted octanol–water partition coefficient (Wildman–Crippen LogP) is 2.56. The number of benzene rings is 2. The predicted molar refractivity (Wildman–Crippen MR) is 147 cm³/mol. The zero-order valence-corrected chi connectivity index (χ0v) is 23.9. The average Bonchev–Trinajstić information content (AvgIpc) is 3.59. The van der Waals surface area contributed by atoms with E-state index >= 15 is 0 Å². The number of rotatable bonds is 11. The zero-order chi connectivity index (χ0) is 28.8. The lowest BCUT2D eigenvalue weighted by Gasteiger charge is -2.32. The molecule has 0 spiro atoms. The monoisotopic (exact) mass is 590 g/mol. The van der Waals surface area contributed by atoms with Gasteiger partial charge in [-0.1, -0.05) is 52.5 Å². The molecule has 12 heteroatoms. The molecule has 3 saturated heterocycles. The second kappa shape index (κ2) is 13.6. The Morgan fingerprint density at radius 1 is 1.05 bits per heavy atom. The summed E-state index contributed by atoms with van der Waals surface area (Å²) in [7, 11) is -4.14. The molecule has 5 atom stereocenters. The van der Waals surface area contributed by atoms with Crippen LogP contribution in [0.2, 0.25) is 0 Å². The second-order valence-electron chi connectivity index (χ2n) is 10.7. The highest BCUT2D eigenvalue weighted by Gasteiger charge is 2.44. The van der Waals surface area contributed by atoms with E-state index in [1.807, 2.05) is 37.3 Å². The number of hydrogen-bond acceptors (Lipinski definition) is 9. The summed E-state index contributed by atoms with van der Waals surface area (Å²) < 4.78 is 50.4. The van der Waals surface area contributed by atoms with Crippen LogP contribution in [-0.4, -0.2) is 87.7 Å². The Morgan fingerprint density at radius 2 is 1.78 bits per heavy atom. The van der Waals surface area contributed by atoms with Crippen molar-refractivity contribution in [3.63, 3.8) is 0 Å². The molecule has 3 heterocycles. The molecule has 3 aliphatic heterocycles. The van der Waals surface area contributed by atoms with Gasteiger partial charge in [0.1, 0.15) is 6.10 Å². The van der Waals surface area contributed by atoms with Gasteiger partial charge in [-0.25, -0.2) is 13.2 Å². The van der Waals surface area contributed by atoms with Crippen molar-refractivity contribution in [1.29, 1.82) is 0 Å². The van der Waals surface area contributed by atoms with Gasteiger partial charge in [0.05, 0.1) is 48.8 Å². The van der Waals surface area contributed by atoms with Crippen LogP contribution < -0.4 is 5.32 Å². The number of aryl methyl sites for hydroxylation is 1. The summed E-state index contributed by atoms with van der Waals surface area (Å²) in [6, 6.07) is 14.9. The number of nitrogens with one attached hydrogen (secondary N) is 1. The highest BCUT2D eigenvalue weighted by molar-refractivity contribution is 7.89. The molecular weight excluding hydrogens is 552 g/mol. The van der Waals surface area contributed by atoms with Gasteiger partial charge >= 0.3 is 6.09 Å². The van der Waals surface area contributed by atoms with Crippen molar-refractivity contribution in [1.82, 2.24) is 9.79 Å². The van der Waals surface area contributed by atoms with E-state index in [1.165, 1.54) is 12.1 Å². The molecule has 41 heavy (non-hydrogen) atoms. The summed E-state index contributed by atoms with van der Waals surface area (Å²) >= 11 is 0. The van der Waals surface area contributed by atoms with Crippen molar-refractivity contribution in [3.05, 3.63) is 65.7 Å². The molecule has 1 amide bonds. The van der Waals surface area contributed by atoms with Gasteiger partial charge in [0.15, 0.2) is 6.29 Å². The molecule has 2 aromatic rings. The van der Waals surface area contributed by atoms with E-state index in [2.05, 4.69) is 5.32 Å². The summed E-state index contributed by atoms with van der Waals surface area (Å²) in [6.07, 6.45) is -1.28. The van der Waals surface area contributed by atoms with E-state index in [4.69, 9.17) is 23.8 Å². The fourth-order valence-electron chi connectivity index (χ4n) is 5.27. The molecule has 1 unspecified atom stereocenters. The summed E-state index contributed by atoms with van der Waals surface area (Å²) in [6.45, 7) is 3.14. The van der Waals surface area contributed by atoms with Crippen LogP contribution in [0.5, 0.6) is 0 Å². The van der Waals surface area contributed by atoms with Gasteiger partial charge in [-0.05, 0) is 50.3 Å². The van der Waals surface area contributed by atoms with E-state index in [0.717, 1.165) is 22.0 Å². The van der Waals surface area contributed by atoms with Crippen molar-refractivity contribution in [2.45, 2.75) is 68.1 Å². The number of hydroxylamine groups is 1. The Morgan fingerprint density at radius 3 is 2.51 bits per heavy atom. The van der Waals surface area contributed by atoms with E-state index < -0.39 is 47.0 Å². The van der Waals surface area contributed by atoms with Gasteiger partial charge in [-0.15, -0.1) is 0 Å². The third kappa shape index (κ3) is 7.63. The lowest BCUT2D eigenvalue weighted by atomic mass is 10.0. The number of carbonyl (C=O) groups excluding carboxylic acids is 1. The molecule has 0 saturated carbocycles. The number of aliphatic hydroxyl groups is 1. The van der Waals surface area contributed by atoms with Crippen molar-refractivity contribution < 1.29 is 42.1 Å². The first kappa shape index (κ1) is 29.9. The van der Waals surface area contributed by atoms with Gasteiger partial charge in [-0.2, -0.15) is 0 Å². The number of carbonyl (C=O) groups is 1. The summed E-state index contributed by atoms with van der Waals surface area (Å²) in [5, 5.41) is 14.2. The van der Waals surface area contributed by atoms with E-state index in [1.54, 1.807) is 12.1 Å². The van der Waals surface area contributed by atoms with Gasteiger partial charge in [0.25, 0.3) is 10.0 Å². The van der Waals surface area contributed by atoms with Crippen molar-refractivity contribution >= 4 is 16.1 Å². The molecule has 3 aliphatic rings. The van der Waals surface area contributed by atoms with Gasteiger partial charge < -0.3 is 29.4 Å². The third-order valence-electron chi connectivity index (χ3n) is 7.67. The molecule has 3 fully saturated rings. The Labute approximate surface area is 240 Å². The maximum absolute atomic E-state index is 13.7. The van der Waals surface area contributed by atoms with Crippen molar-refractivity contribution in [3.8, 4) is 0 Å². The molecule has 0 radical (unpaired) electrons. The summed E-state index contributed by atoms with van der Waals surface area (Å²) in [4.78, 5) is 19.1. The molecule has 11 nitrogen and oxygen atoms in total. The minimum atomic E-state index is -4.14. The molecular formula is C29H38N2O9S. The van der Waals surface area contributed by atoms with Crippen LogP contribution >= 0.6 is 0 Å². The number of ether oxygens (including phenoxy) is 4. The Bertz CT molecular complexity index is 1240. The third-order valence-corrected chi connectivity index (χ3v) is 9.31. The highest BCUT2D eigenvalue weighted by atomic mass is 32.2. The van der Waals surface area contributed by atoms with E-state index in [0.29, 0.717) is 32.7 Å². The van der Waals surface area contributed by atoms with Crippen LogP contribution in [0.4, 0.5) is 4.79 Å². The van der Waals surface area contributed by atoms with E-state index in [-0.39, 0.29) is 30.1 Å². The Balaban J connectivity index is 1.34. The number of alkyl carbamates (subject to hydrolysis) is 1. The maximum atomic E-state index is 13.7. The first-order valence-electron chi connectivity index (χ1n) is 14.1. The van der Waals surface area contributed by atoms with Crippen LogP contribution in [-0.2, 0) is 40.2 Å². The number of fused-ring (bicyclic) bond motifs is 1.